The van der Waals surface area contributed by atoms with E-state index in [1.165, 1.54) is 0 Å². The molecule has 6 heteroatoms. The Morgan fingerprint density at radius 2 is 2.25 bits per heavy atom. The highest BCUT2D eigenvalue weighted by molar-refractivity contribution is 9.10. The number of benzene rings is 1. The summed E-state index contributed by atoms with van der Waals surface area (Å²) >= 11 is 3.42. The van der Waals surface area contributed by atoms with Crippen LogP contribution in [0.4, 0.5) is 0 Å². The van der Waals surface area contributed by atoms with E-state index in [0.29, 0.717) is 25.7 Å². The fourth-order valence-corrected chi connectivity index (χ4v) is 2.01. The molecule has 0 aliphatic rings. The molecule has 0 amide bonds. The Bertz CT molecular complexity index is 541. The van der Waals surface area contributed by atoms with Gasteiger partial charge in [0.25, 0.3) is 0 Å². The highest BCUT2D eigenvalue weighted by atomic mass is 79.9. The normalized spacial score (nSPS) is 11.0. The molecule has 1 N–H and O–H groups in total. The molecule has 0 fully saturated rings. The molecule has 0 radical (unpaired) electrons. The Morgan fingerprint density at radius 3 is 3.00 bits per heavy atom. The zero-order chi connectivity index (χ0) is 14.4. The third-order valence-electron chi connectivity index (χ3n) is 2.64. The number of hydrogen-bond acceptors (Lipinski definition) is 4. The zero-order valence-corrected chi connectivity index (χ0v) is 13.3. The van der Waals surface area contributed by atoms with Crippen LogP contribution >= 0.6 is 15.9 Å². The van der Waals surface area contributed by atoms with Gasteiger partial charge in [-0.15, -0.1) is 0 Å². The first-order valence-corrected chi connectivity index (χ1v) is 7.43. The first-order chi connectivity index (χ1) is 9.63. The first kappa shape index (κ1) is 15.0. The SMILES string of the molecule is CC(C)NCc1ncn(CCOc2cccc(Br)c2)n1. The Morgan fingerprint density at radius 1 is 1.40 bits per heavy atom. The largest absolute Gasteiger partial charge is 0.492 e. The molecule has 1 aromatic heterocycles. The molecule has 20 heavy (non-hydrogen) atoms. The topological polar surface area (TPSA) is 52.0 Å². The predicted molar refractivity (Wildman–Crippen MR) is 81.6 cm³/mol. The number of rotatable bonds is 7. The molecular weight excluding hydrogens is 320 g/mol. The second-order valence-corrected chi connectivity index (χ2v) is 5.68. The van der Waals surface area contributed by atoms with Crippen LogP contribution in [0.15, 0.2) is 35.1 Å². The van der Waals surface area contributed by atoms with Crippen LogP contribution in [-0.2, 0) is 13.1 Å². The van der Waals surface area contributed by atoms with E-state index >= 15 is 0 Å². The first-order valence-electron chi connectivity index (χ1n) is 6.63. The van der Waals surface area contributed by atoms with Gasteiger partial charge in [0.05, 0.1) is 13.1 Å². The molecule has 0 atom stereocenters. The van der Waals surface area contributed by atoms with Crippen molar-refractivity contribution in [2.24, 2.45) is 0 Å². The van der Waals surface area contributed by atoms with Crippen molar-refractivity contribution < 1.29 is 4.74 Å². The molecule has 0 saturated heterocycles. The lowest BCUT2D eigenvalue weighted by molar-refractivity contribution is 0.290. The van der Waals surface area contributed by atoms with Crippen LogP contribution in [0.5, 0.6) is 5.75 Å². The molecular formula is C14H19BrN4O. The highest BCUT2D eigenvalue weighted by Gasteiger charge is 2.02. The smallest absolute Gasteiger partial charge is 0.164 e. The van der Waals surface area contributed by atoms with Crippen molar-refractivity contribution in [3.63, 3.8) is 0 Å². The van der Waals surface area contributed by atoms with Gasteiger partial charge in [0.15, 0.2) is 5.82 Å². The summed E-state index contributed by atoms with van der Waals surface area (Å²) in [6.45, 7) is 6.14. The fourth-order valence-electron chi connectivity index (χ4n) is 1.63. The van der Waals surface area contributed by atoms with Crippen LogP contribution in [0.1, 0.15) is 19.7 Å². The van der Waals surface area contributed by atoms with Crippen molar-refractivity contribution in [3.8, 4) is 5.75 Å². The van der Waals surface area contributed by atoms with Crippen molar-refractivity contribution in [3.05, 3.63) is 40.9 Å². The van der Waals surface area contributed by atoms with Gasteiger partial charge in [-0.1, -0.05) is 35.8 Å². The van der Waals surface area contributed by atoms with E-state index in [1.54, 1.807) is 11.0 Å². The van der Waals surface area contributed by atoms with Gasteiger partial charge < -0.3 is 10.1 Å². The van der Waals surface area contributed by atoms with Crippen molar-refractivity contribution in [2.45, 2.75) is 33.0 Å². The standard InChI is InChI=1S/C14H19BrN4O/c1-11(2)16-9-14-17-10-19(18-14)6-7-20-13-5-3-4-12(15)8-13/h3-5,8,10-11,16H,6-7,9H2,1-2H3. The summed E-state index contributed by atoms with van der Waals surface area (Å²) in [5.74, 6) is 1.65. The minimum atomic E-state index is 0.432. The van der Waals surface area contributed by atoms with E-state index in [2.05, 4.69) is 45.2 Å². The molecule has 108 valence electrons. The Balaban J connectivity index is 1.77. The number of ether oxygens (including phenoxy) is 1. The van der Waals surface area contributed by atoms with Crippen molar-refractivity contribution >= 4 is 15.9 Å². The molecule has 0 spiro atoms. The molecule has 0 bridgehead atoms. The van der Waals surface area contributed by atoms with Crippen molar-refractivity contribution in [1.29, 1.82) is 0 Å². The minimum absolute atomic E-state index is 0.432. The summed E-state index contributed by atoms with van der Waals surface area (Å²) in [5, 5.41) is 7.67. The lowest BCUT2D eigenvalue weighted by atomic mass is 10.3. The molecule has 0 unspecified atom stereocenters. The maximum atomic E-state index is 5.66. The van der Waals surface area contributed by atoms with E-state index in [0.717, 1.165) is 16.0 Å². The van der Waals surface area contributed by atoms with Crippen molar-refractivity contribution in [2.75, 3.05) is 6.61 Å². The number of nitrogens with one attached hydrogen (secondary N) is 1. The van der Waals surface area contributed by atoms with E-state index in [4.69, 9.17) is 4.74 Å². The van der Waals surface area contributed by atoms with E-state index in [1.807, 2.05) is 24.3 Å². The van der Waals surface area contributed by atoms with Gasteiger partial charge >= 0.3 is 0 Å². The van der Waals surface area contributed by atoms with Crippen LogP contribution in [0, 0.1) is 0 Å². The van der Waals surface area contributed by atoms with Gasteiger partial charge in [0.1, 0.15) is 18.7 Å². The summed E-state index contributed by atoms with van der Waals surface area (Å²) in [5.41, 5.74) is 0. The van der Waals surface area contributed by atoms with Gasteiger partial charge in [-0.05, 0) is 18.2 Å². The molecule has 1 heterocycles. The minimum Gasteiger partial charge on any atom is -0.492 e. The lowest BCUT2D eigenvalue weighted by Crippen LogP contribution is -2.22. The summed E-state index contributed by atoms with van der Waals surface area (Å²) in [4.78, 5) is 4.25. The predicted octanol–water partition coefficient (Wildman–Crippen LogP) is 2.62. The number of nitrogens with zero attached hydrogens (tertiary/aromatic N) is 3. The zero-order valence-electron chi connectivity index (χ0n) is 11.7. The molecule has 2 rings (SSSR count). The second-order valence-electron chi connectivity index (χ2n) is 4.77. The van der Waals surface area contributed by atoms with Gasteiger partial charge in [0, 0.05) is 10.5 Å². The molecule has 1 aromatic carbocycles. The quantitative estimate of drug-likeness (QED) is 0.843. The number of halogens is 1. The van der Waals surface area contributed by atoms with Gasteiger partial charge in [0.2, 0.25) is 0 Å². The monoisotopic (exact) mass is 338 g/mol. The van der Waals surface area contributed by atoms with E-state index < -0.39 is 0 Å². The van der Waals surface area contributed by atoms with Crippen LogP contribution in [0.2, 0.25) is 0 Å². The Hall–Kier alpha value is -1.40. The van der Waals surface area contributed by atoms with E-state index in [9.17, 15) is 0 Å². The van der Waals surface area contributed by atoms with Crippen LogP contribution in [0.25, 0.3) is 0 Å². The second kappa shape index (κ2) is 7.40. The van der Waals surface area contributed by atoms with Gasteiger partial charge in [-0.3, -0.25) is 0 Å². The maximum absolute atomic E-state index is 5.66. The average Bonchev–Trinajstić information content (AvgIpc) is 2.84. The number of aromatic nitrogens is 3. The molecule has 0 aliphatic heterocycles. The van der Waals surface area contributed by atoms with Crippen LogP contribution in [-0.4, -0.2) is 27.4 Å². The highest BCUT2D eigenvalue weighted by Crippen LogP contribution is 2.17. The van der Waals surface area contributed by atoms with Crippen molar-refractivity contribution in [1.82, 2.24) is 20.1 Å². The Kier molecular flexibility index (Phi) is 5.55. The number of hydrogen-bond donors (Lipinski definition) is 1. The summed E-state index contributed by atoms with van der Waals surface area (Å²) in [6, 6.07) is 8.23. The fraction of sp³-hybridized carbons (Fsp3) is 0.429. The van der Waals surface area contributed by atoms with Gasteiger partial charge in [-0.25, -0.2) is 9.67 Å². The maximum Gasteiger partial charge on any atom is 0.164 e. The molecule has 2 aromatic rings. The van der Waals surface area contributed by atoms with Crippen LogP contribution in [0.3, 0.4) is 0 Å². The van der Waals surface area contributed by atoms with E-state index in [-0.39, 0.29) is 0 Å². The van der Waals surface area contributed by atoms with Gasteiger partial charge in [-0.2, -0.15) is 5.10 Å². The Labute approximate surface area is 127 Å². The average molecular weight is 339 g/mol. The molecule has 0 saturated carbocycles. The summed E-state index contributed by atoms with van der Waals surface area (Å²) < 4.78 is 8.48. The van der Waals surface area contributed by atoms with Crippen LogP contribution < -0.4 is 10.1 Å². The summed E-state index contributed by atoms with van der Waals surface area (Å²) in [7, 11) is 0. The lowest BCUT2D eigenvalue weighted by Gasteiger charge is -2.06. The summed E-state index contributed by atoms with van der Waals surface area (Å²) in [6.07, 6.45) is 1.74. The third kappa shape index (κ3) is 4.94. The third-order valence-corrected chi connectivity index (χ3v) is 3.13. The molecule has 5 nitrogen and oxygen atoms in total. The molecule has 0 aliphatic carbocycles.